The predicted molar refractivity (Wildman–Crippen MR) is 156 cm³/mol. The highest BCUT2D eigenvalue weighted by Crippen LogP contribution is 2.30. The van der Waals surface area contributed by atoms with Crippen LogP contribution in [0.3, 0.4) is 0 Å². The first-order valence-corrected chi connectivity index (χ1v) is 14.7. The molecule has 0 radical (unpaired) electrons. The number of hydrogen-bond donors (Lipinski definition) is 1. The van der Waals surface area contributed by atoms with Gasteiger partial charge in [-0.05, 0) is 76.5 Å². The molecule has 3 heterocycles. The van der Waals surface area contributed by atoms with Gasteiger partial charge in [-0.1, -0.05) is 44.4 Å². The Hall–Kier alpha value is -3.56. The number of rotatable bonds is 8. The number of hydrogen-bond acceptors (Lipinski definition) is 7. The largest absolute Gasteiger partial charge is 0.497 e. The molecule has 2 aliphatic rings. The second-order valence-electron chi connectivity index (χ2n) is 11.1. The number of ether oxygens (including phenoxy) is 1. The van der Waals surface area contributed by atoms with Crippen LogP contribution in [-0.2, 0) is 13.0 Å². The molecule has 40 heavy (non-hydrogen) atoms. The van der Waals surface area contributed by atoms with E-state index in [1.807, 2.05) is 35.0 Å². The molecule has 0 spiro atoms. The minimum Gasteiger partial charge on any atom is -0.497 e. The molecular weight excluding hydrogens is 502 g/mol. The van der Waals surface area contributed by atoms with Crippen LogP contribution in [0.25, 0.3) is 10.9 Å². The van der Waals surface area contributed by atoms with Gasteiger partial charge in [-0.15, -0.1) is 5.10 Å². The lowest BCUT2D eigenvalue weighted by atomic mass is 9.93. The fraction of sp³-hybridized carbons (Fsp3) is 0.484. The minimum absolute atomic E-state index is 0.0875. The van der Waals surface area contributed by atoms with Crippen LogP contribution in [0.4, 0.5) is 0 Å². The molecule has 2 aromatic heterocycles. The van der Waals surface area contributed by atoms with Gasteiger partial charge in [0.1, 0.15) is 11.8 Å². The van der Waals surface area contributed by atoms with Crippen molar-refractivity contribution < 1.29 is 4.74 Å². The van der Waals surface area contributed by atoms with Crippen LogP contribution in [0.2, 0.25) is 0 Å². The summed E-state index contributed by atoms with van der Waals surface area (Å²) in [6.45, 7) is 6.37. The number of nitrogens with zero attached hydrogens (tertiary/aromatic N) is 6. The Morgan fingerprint density at radius 3 is 2.45 bits per heavy atom. The molecular formula is C31H39N7O2. The van der Waals surface area contributed by atoms with Gasteiger partial charge in [-0.3, -0.25) is 14.6 Å². The second kappa shape index (κ2) is 11.9. The van der Waals surface area contributed by atoms with Gasteiger partial charge in [0, 0.05) is 43.3 Å². The van der Waals surface area contributed by atoms with E-state index in [2.05, 4.69) is 55.4 Å². The maximum absolute atomic E-state index is 13.6. The van der Waals surface area contributed by atoms with E-state index in [-0.39, 0.29) is 11.6 Å². The average Bonchev–Trinajstić information content (AvgIpc) is 3.46. The van der Waals surface area contributed by atoms with Crippen LogP contribution in [0.1, 0.15) is 67.6 Å². The molecule has 0 amide bonds. The van der Waals surface area contributed by atoms with Crippen LogP contribution in [0.5, 0.6) is 5.75 Å². The maximum Gasteiger partial charge on any atom is 0.253 e. The molecule has 1 N–H and O–H groups in total. The third-order valence-electron chi connectivity index (χ3n) is 8.74. The van der Waals surface area contributed by atoms with Gasteiger partial charge in [0.05, 0.1) is 13.7 Å². The third kappa shape index (κ3) is 5.53. The van der Waals surface area contributed by atoms with E-state index in [0.29, 0.717) is 24.0 Å². The Balaban J connectivity index is 1.36. The second-order valence-corrected chi connectivity index (χ2v) is 11.1. The smallest absolute Gasteiger partial charge is 0.253 e. The van der Waals surface area contributed by atoms with Crippen LogP contribution in [0.15, 0.2) is 53.3 Å². The number of tetrazole rings is 1. The molecule has 2 fully saturated rings. The van der Waals surface area contributed by atoms with Gasteiger partial charge < -0.3 is 9.72 Å². The van der Waals surface area contributed by atoms with Crippen LogP contribution in [0, 0.1) is 0 Å². The first-order valence-electron chi connectivity index (χ1n) is 14.7. The van der Waals surface area contributed by atoms with Crippen molar-refractivity contribution >= 4 is 10.9 Å². The van der Waals surface area contributed by atoms with Crippen LogP contribution >= 0.6 is 0 Å². The summed E-state index contributed by atoms with van der Waals surface area (Å²) in [6.07, 6.45) is 7.57. The Labute approximate surface area is 235 Å². The number of methoxy groups -OCH3 is 1. The quantitative estimate of drug-likeness (QED) is 0.358. The number of piperazine rings is 1. The average molecular weight is 542 g/mol. The van der Waals surface area contributed by atoms with E-state index in [1.165, 1.54) is 37.7 Å². The van der Waals surface area contributed by atoms with Crippen molar-refractivity contribution in [2.75, 3.05) is 33.3 Å². The van der Waals surface area contributed by atoms with Crippen molar-refractivity contribution in [3.05, 3.63) is 81.4 Å². The van der Waals surface area contributed by atoms with E-state index in [4.69, 9.17) is 4.74 Å². The molecule has 9 heteroatoms. The van der Waals surface area contributed by atoms with Crippen molar-refractivity contribution in [1.29, 1.82) is 0 Å². The van der Waals surface area contributed by atoms with Crippen molar-refractivity contribution in [2.24, 2.45) is 0 Å². The highest BCUT2D eigenvalue weighted by Gasteiger charge is 2.34. The fourth-order valence-electron chi connectivity index (χ4n) is 6.43. The van der Waals surface area contributed by atoms with Crippen LogP contribution < -0.4 is 10.3 Å². The summed E-state index contributed by atoms with van der Waals surface area (Å²) in [5, 5.41) is 14.0. The zero-order valence-corrected chi connectivity index (χ0v) is 23.6. The molecule has 1 saturated heterocycles. The molecule has 0 bridgehead atoms. The maximum atomic E-state index is 13.6. The predicted octanol–water partition coefficient (Wildman–Crippen LogP) is 4.17. The van der Waals surface area contributed by atoms with Gasteiger partial charge in [-0.25, -0.2) is 4.68 Å². The van der Waals surface area contributed by atoms with Crippen molar-refractivity contribution in [3.8, 4) is 5.75 Å². The molecule has 4 aromatic rings. The zero-order chi connectivity index (χ0) is 27.5. The van der Waals surface area contributed by atoms with E-state index < -0.39 is 0 Å². The van der Waals surface area contributed by atoms with Crippen molar-refractivity contribution in [2.45, 2.75) is 64.1 Å². The zero-order valence-electron chi connectivity index (χ0n) is 23.6. The van der Waals surface area contributed by atoms with E-state index >= 15 is 0 Å². The number of aromatic amines is 1. The number of nitrogens with one attached hydrogen (secondary N) is 1. The lowest BCUT2D eigenvalue weighted by Gasteiger charge is -2.43. The Bertz CT molecular complexity index is 1480. The molecule has 2 aromatic carbocycles. The summed E-state index contributed by atoms with van der Waals surface area (Å²) in [6, 6.07) is 16.6. The summed E-state index contributed by atoms with van der Waals surface area (Å²) >= 11 is 0. The van der Waals surface area contributed by atoms with E-state index in [0.717, 1.165) is 54.8 Å². The fourth-order valence-corrected chi connectivity index (χ4v) is 6.43. The molecule has 9 nitrogen and oxygen atoms in total. The lowest BCUT2D eigenvalue weighted by molar-refractivity contribution is 0.0618. The first-order chi connectivity index (χ1) is 19.6. The normalized spacial score (nSPS) is 18.2. The molecule has 1 saturated carbocycles. The van der Waals surface area contributed by atoms with Crippen molar-refractivity contribution in [1.82, 2.24) is 35.0 Å². The lowest BCUT2D eigenvalue weighted by Crippen LogP contribution is -2.52. The number of H-pyrrole nitrogens is 1. The third-order valence-corrected chi connectivity index (χ3v) is 8.74. The van der Waals surface area contributed by atoms with Gasteiger partial charge in [0.15, 0.2) is 5.82 Å². The Kier molecular flexibility index (Phi) is 7.93. The number of aromatic nitrogens is 5. The Morgan fingerprint density at radius 1 is 0.975 bits per heavy atom. The summed E-state index contributed by atoms with van der Waals surface area (Å²) in [5.74, 6) is 1.50. The van der Waals surface area contributed by atoms with E-state index in [1.54, 1.807) is 7.11 Å². The topological polar surface area (TPSA) is 92.2 Å². The molecule has 6 rings (SSSR count). The standard InChI is InChI=1S/C31H39N7O2/c1-3-22-11-14-28-24(19-22)20-27(31(39)32-28)29(37-17-15-36(16-18-37)25-7-5-4-6-8-25)30-33-34-35-38(30)21-23-9-12-26(40-2)13-10-23/h9-14,19-20,25,29H,3-8,15-18,21H2,1-2H3,(H,32,39)/t29-/m0/s1. The molecule has 0 unspecified atom stereocenters. The summed E-state index contributed by atoms with van der Waals surface area (Å²) in [7, 11) is 1.66. The minimum atomic E-state index is -0.347. The highest BCUT2D eigenvalue weighted by atomic mass is 16.5. The number of aryl methyl sites for hydroxylation is 1. The van der Waals surface area contributed by atoms with Crippen molar-refractivity contribution in [3.63, 3.8) is 0 Å². The molecule has 1 atom stereocenters. The van der Waals surface area contributed by atoms with Gasteiger partial charge in [0.2, 0.25) is 0 Å². The molecule has 1 aliphatic carbocycles. The van der Waals surface area contributed by atoms with E-state index in [9.17, 15) is 4.79 Å². The molecule has 1 aliphatic heterocycles. The monoisotopic (exact) mass is 541 g/mol. The summed E-state index contributed by atoms with van der Waals surface area (Å²) in [4.78, 5) is 21.8. The van der Waals surface area contributed by atoms with Gasteiger partial charge >= 0.3 is 0 Å². The van der Waals surface area contributed by atoms with Gasteiger partial charge in [-0.2, -0.15) is 0 Å². The number of benzene rings is 2. The Morgan fingerprint density at radius 2 is 1.73 bits per heavy atom. The van der Waals surface area contributed by atoms with Crippen LogP contribution in [-0.4, -0.2) is 74.3 Å². The first kappa shape index (κ1) is 26.7. The summed E-state index contributed by atoms with van der Waals surface area (Å²) < 4.78 is 7.16. The number of fused-ring (bicyclic) bond motifs is 1. The summed E-state index contributed by atoms with van der Waals surface area (Å²) in [5.41, 5.74) is 3.76. The highest BCUT2D eigenvalue weighted by molar-refractivity contribution is 5.80. The van der Waals surface area contributed by atoms with Gasteiger partial charge in [0.25, 0.3) is 5.56 Å². The molecule has 210 valence electrons. The number of pyridine rings is 1. The SMILES string of the molecule is CCc1ccc2[nH]c(=O)c([C@@H](c3nnnn3Cc3ccc(OC)cc3)N3CCN(C4CCCCC4)CC3)cc2c1.